The van der Waals surface area contributed by atoms with Crippen LogP contribution in [0.3, 0.4) is 0 Å². The summed E-state index contributed by atoms with van der Waals surface area (Å²) in [5.74, 6) is -0.0169. The van der Waals surface area contributed by atoms with Crippen LogP contribution in [0.1, 0.15) is 5.56 Å². The van der Waals surface area contributed by atoms with Gasteiger partial charge in [-0.05, 0) is 36.4 Å². The number of carbonyl (C=O) groups is 1. The van der Waals surface area contributed by atoms with Crippen molar-refractivity contribution in [1.29, 1.82) is 5.26 Å². The molecule has 0 radical (unpaired) electrons. The topological polar surface area (TPSA) is 127 Å². The van der Waals surface area contributed by atoms with Crippen molar-refractivity contribution in [2.75, 3.05) is 18.2 Å². The fourth-order valence-corrected chi connectivity index (χ4v) is 4.88. The zero-order valence-corrected chi connectivity index (χ0v) is 20.7. The molecule has 178 valence electrons. The minimum absolute atomic E-state index is 0.0154. The number of hydrogen-bond acceptors (Lipinski definition) is 8. The van der Waals surface area contributed by atoms with Crippen LogP contribution in [0.15, 0.2) is 64.6 Å². The van der Waals surface area contributed by atoms with Gasteiger partial charge in [0.25, 0.3) is 5.91 Å². The minimum atomic E-state index is -3.55. The molecule has 0 unspecified atom stereocenters. The number of fused-ring (bicyclic) bond motifs is 1. The molecular weight excluding hydrogens is 510 g/mol. The largest absolute Gasteiger partial charge is 0.492 e. The van der Waals surface area contributed by atoms with Crippen LogP contribution in [-0.4, -0.2) is 42.0 Å². The molecule has 0 saturated carbocycles. The van der Waals surface area contributed by atoms with Crippen LogP contribution in [0.4, 0.5) is 5.13 Å². The van der Waals surface area contributed by atoms with Gasteiger partial charge in [-0.25, -0.2) is 8.42 Å². The van der Waals surface area contributed by atoms with Crippen molar-refractivity contribution >= 4 is 60.8 Å². The van der Waals surface area contributed by atoms with Crippen molar-refractivity contribution in [3.8, 4) is 11.8 Å². The van der Waals surface area contributed by atoms with Gasteiger partial charge >= 0.3 is 0 Å². The summed E-state index contributed by atoms with van der Waals surface area (Å²) in [7, 11) is -3.55. The number of amides is 1. The van der Waals surface area contributed by atoms with E-state index >= 15 is 0 Å². The lowest BCUT2D eigenvalue weighted by Crippen LogP contribution is -2.13. The molecule has 12 heteroatoms. The SMILES string of the molecule is CS(=O)(=O)c1nnc(NC(=O)C(C#N)=Cc2cn(CCOc3ccc(Cl)cc3)c3ccccc23)s1. The van der Waals surface area contributed by atoms with E-state index in [-0.39, 0.29) is 15.0 Å². The average molecular weight is 528 g/mol. The van der Waals surface area contributed by atoms with Gasteiger partial charge in [-0.15, -0.1) is 10.2 Å². The van der Waals surface area contributed by atoms with Crippen LogP contribution in [0.5, 0.6) is 5.75 Å². The number of hydrogen-bond donors (Lipinski definition) is 1. The van der Waals surface area contributed by atoms with Crippen LogP contribution < -0.4 is 10.1 Å². The van der Waals surface area contributed by atoms with E-state index in [0.29, 0.717) is 40.8 Å². The Morgan fingerprint density at radius 3 is 2.66 bits per heavy atom. The maximum atomic E-state index is 12.7. The van der Waals surface area contributed by atoms with Gasteiger partial charge in [-0.2, -0.15) is 5.26 Å². The highest BCUT2D eigenvalue weighted by atomic mass is 35.5. The van der Waals surface area contributed by atoms with E-state index in [1.54, 1.807) is 24.3 Å². The minimum Gasteiger partial charge on any atom is -0.492 e. The fourth-order valence-electron chi connectivity index (χ4n) is 3.25. The molecule has 0 aliphatic carbocycles. The van der Waals surface area contributed by atoms with Gasteiger partial charge in [0.1, 0.15) is 24.0 Å². The van der Waals surface area contributed by atoms with Crippen LogP contribution in [-0.2, 0) is 21.2 Å². The molecule has 0 atom stereocenters. The molecule has 2 aromatic heterocycles. The van der Waals surface area contributed by atoms with Gasteiger partial charge in [0.2, 0.25) is 19.3 Å². The highest BCUT2D eigenvalue weighted by Gasteiger charge is 2.18. The molecule has 1 N–H and O–H groups in total. The highest BCUT2D eigenvalue weighted by molar-refractivity contribution is 7.92. The molecule has 4 rings (SSSR count). The van der Waals surface area contributed by atoms with Gasteiger partial charge in [-0.1, -0.05) is 41.1 Å². The number of para-hydroxylation sites is 1. The zero-order valence-electron chi connectivity index (χ0n) is 18.3. The maximum Gasteiger partial charge on any atom is 0.268 e. The van der Waals surface area contributed by atoms with Crippen molar-refractivity contribution in [1.82, 2.24) is 14.8 Å². The van der Waals surface area contributed by atoms with E-state index in [4.69, 9.17) is 16.3 Å². The van der Waals surface area contributed by atoms with E-state index in [1.165, 1.54) is 6.08 Å². The monoisotopic (exact) mass is 527 g/mol. The summed E-state index contributed by atoms with van der Waals surface area (Å²) in [6, 6.07) is 16.6. The van der Waals surface area contributed by atoms with Crippen molar-refractivity contribution in [2.24, 2.45) is 0 Å². The molecule has 1 amide bonds. The van der Waals surface area contributed by atoms with Crippen LogP contribution in [0.25, 0.3) is 17.0 Å². The van der Waals surface area contributed by atoms with E-state index in [2.05, 4.69) is 15.5 Å². The van der Waals surface area contributed by atoms with E-state index in [9.17, 15) is 18.5 Å². The Balaban J connectivity index is 1.54. The Morgan fingerprint density at radius 2 is 1.97 bits per heavy atom. The lowest BCUT2D eigenvalue weighted by atomic mass is 10.1. The van der Waals surface area contributed by atoms with Crippen molar-refractivity contribution in [3.05, 3.63) is 70.9 Å². The number of aromatic nitrogens is 3. The first kappa shape index (κ1) is 24.4. The number of nitrogens with zero attached hydrogens (tertiary/aromatic N) is 4. The molecule has 2 aromatic carbocycles. The second-order valence-electron chi connectivity index (χ2n) is 7.37. The number of benzene rings is 2. The maximum absolute atomic E-state index is 12.7. The van der Waals surface area contributed by atoms with Crippen molar-refractivity contribution < 1.29 is 17.9 Å². The normalized spacial score (nSPS) is 11.9. The van der Waals surface area contributed by atoms with E-state index < -0.39 is 15.7 Å². The number of halogens is 1. The molecule has 0 bridgehead atoms. The van der Waals surface area contributed by atoms with Crippen LogP contribution >= 0.6 is 22.9 Å². The van der Waals surface area contributed by atoms with Crippen molar-refractivity contribution in [2.45, 2.75) is 10.9 Å². The second kappa shape index (κ2) is 10.3. The summed E-state index contributed by atoms with van der Waals surface area (Å²) in [6.07, 6.45) is 4.32. The average Bonchev–Trinajstić information content (AvgIpc) is 3.44. The first-order valence-electron chi connectivity index (χ1n) is 10.2. The molecule has 0 fully saturated rings. The number of anilines is 1. The Morgan fingerprint density at radius 1 is 1.23 bits per heavy atom. The lowest BCUT2D eigenvalue weighted by Gasteiger charge is -2.08. The predicted molar refractivity (Wildman–Crippen MR) is 134 cm³/mol. The number of nitrogens with one attached hydrogen (secondary N) is 1. The lowest BCUT2D eigenvalue weighted by molar-refractivity contribution is -0.112. The summed E-state index contributed by atoms with van der Waals surface area (Å²) in [4.78, 5) is 12.7. The number of carbonyl (C=O) groups excluding carboxylic acids is 1. The molecule has 0 spiro atoms. The number of ether oxygens (including phenoxy) is 1. The highest BCUT2D eigenvalue weighted by Crippen LogP contribution is 2.25. The smallest absolute Gasteiger partial charge is 0.268 e. The second-order valence-corrected chi connectivity index (χ2v) is 11.0. The quantitative estimate of drug-likeness (QED) is 0.207. The van der Waals surface area contributed by atoms with Gasteiger partial charge in [0, 0.05) is 33.9 Å². The van der Waals surface area contributed by atoms with Gasteiger partial charge < -0.3 is 9.30 Å². The molecule has 4 aromatic rings. The first-order valence-corrected chi connectivity index (χ1v) is 13.3. The van der Waals surface area contributed by atoms with Crippen LogP contribution in [0, 0.1) is 11.3 Å². The zero-order chi connectivity index (χ0) is 25.0. The van der Waals surface area contributed by atoms with Crippen molar-refractivity contribution in [3.63, 3.8) is 0 Å². The molecular formula is C23H18ClN5O4S2. The summed E-state index contributed by atoms with van der Waals surface area (Å²) in [6.45, 7) is 0.929. The number of nitriles is 1. The third kappa shape index (κ3) is 5.86. The Bertz CT molecular complexity index is 1570. The molecule has 0 aliphatic heterocycles. The Hall–Kier alpha value is -3.72. The fraction of sp³-hybridized carbons (Fsp3) is 0.130. The van der Waals surface area contributed by atoms with E-state index in [1.807, 2.05) is 41.1 Å². The molecule has 0 saturated heterocycles. The van der Waals surface area contributed by atoms with E-state index in [0.717, 1.165) is 17.2 Å². The number of sulfone groups is 1. The van der Waals surface area contributed by atoms with Gasteiger partial charge in [0.05, 0.1) is 6.54 Å². The molecule has 9 nitrogen and oxygen atoms in total. The first-order chi connectivity index (χ1) is 16.7. The number of rotatable bonds is 8. The summed E-state index contributed by atoms with van der Waals surface area (Å²) < 4.78 is 30.7. The molecule has 0 aliphatic rings. The standard InChI is InChI=1S/C23H18ClN5O4S2/c1-35(31,32)23-28-27-22(34-23)26-21(30)15(13-25)12-16-14-29(20-5-3-2-4-19(16)20)10-11-33-18-8-6-17(24)7-9-18/h2-9,12,14H,10-11H2,1H3,(H,26,27,30). The predicted octanol–water partition coefficient (Wildman–Crippen LogP) is 4.17. The molecule has 2 heterocycles. The summed E-state index contributed by atoms with van der Waals surface area (Å²) in [5, 5.41) is 20.7. The summed E-state index contributed by atoms with van der Waals surface area (Å²) >= 11 is 6.62. The Labute approximate surface area is 210 Å². The van der Waals surface area contributed by atoms with Crippen LogP contribution in [0.2, 0.25) is 5.02 Å². The van der Waals surface area contributed by atoms with Gasteiger partial charge in [-0.3, -0.25) is 10.1 Å². The third-order valence-electron chi connectivity index (χ3n) is 4.84. The third-order valence-corrected chi connectivity index (χ3v) is 7.60. The molecule has 35 heavy (non-hydrogen) atoms. The van der Waals surface area contributed by atoms with Gasteiger partial charge in [0.15, 0.2) is 0 Å². The summed E-state index contributed by atoms with van der Waals surface area (Å²) in [5.41, 5.74) is 1.42. The Kier molecular flexibility index (Phi) is 7.16.